The summed E-state index contributed by atoms with van der Waals surface area (Å²) in [4.78, 5) is 12.0. The van der Waals surface area contributed by atoms with Crippen molar-refractivity contribution < 1.29 is 9.18 Å². The molecule has 0 radical (unpaired) electrons. The molecule has 0 unspecified atom stereocenters. The van der Waals surface area contributed by atoms with E-state index in [1.807, 2.05) is 13.0 Å². The van der Waals surface area contributed by atoms with Gasteiger partial charge in [0.2, 0.25) is 0 Å². The summed E-state index contributed by atoms with van der Waals surface area (Å²) in [7, 11) is 0. The van der Waals surface area contributed by atoms with Gasteiger partial charge in [0.05, 0.1) is 22.0 Å². The van der Waals surface area contributed by atoms with Gasteiger partial charge >= 0.3 is 0 Å². The third-order valence-electron chi connectivity index (χ3n) is 2.67. The van der Waals surface area contributed by atoms with Gasteiger partial charge in [-0.2, -0.15) is 0 Å². The Hall–Kier alpha value is -2.07. The number of carbonyl (C=O) groups excluding carboxylic acids is 1. The molecule has 0 heterocycles. The zero-order valence-corrected chi connectivity index (χ0v) is 11.0. The van der Waals surface area contributed by atoms with Gasteiger partial charge in [-0.15, -0.1) is 0 Å². The van der Waals surface area contributed by atoms with Crippen molar-refractivity contribution in [2.75, 3.05) is 11.1 Å². The molecule has 0 bridgehead atoms. The Morgan fingerprint density at radius 3 is 2.74 bits per heavy atom. The van der Waals surface area contributed by atoms with Gasteiger partial charge in [-0.05, 0) is 36.8 Å². The lowest BCUT2D eigenvalue weighted by atomic mass is 10.1. The third kappa shape index (κ3) is 2.85. The van der Waals surface area contributed by atoms with Crippen LogP contribution in [0.3, 0.4) is 0 Å². The molecular formula is C14H12ClFN2O. The van der Waals surface area contributed by atoms with Crippen LogP contribution in [0.5, 0.6) is 0 Å². The molecule has 19 heavy (non-hydrogen) atoms. The van der Waals surface area contributed by atoms with E-state index >= 15 is 0 Å². The maximum atomic E-state index is 13.3. The maximum absolute atomic E-state index is 13.3. The monoisotopic (exact) mass is 278 g/mol. The molecule has 5 heteroatoms. The van der Waals surface area contributed by atoms with Crippen molar-refractivity contribution in [1.82, 2.24) is 0 Å². The Balaban J connectivity index is 2.28. The molecule has 0 atom stereocenters. The molecule has 3 N–H and O–H groups in total. The largest absolute Gasteiger partial charge is 0.396 e. The SMILES string of the molecule is Cc1ccc(NC(=O)c2cccc(F)c2N)c(Cl)c1. The standard InChI is InChI=1S/C14H12ClFN2O/c1-8-5-6-12(10(15)7-8)18-14(19)9-3-2-4-11(16)13(9)17/h2-7H,17H2,1H3,(H,18,19). The second-order valence-electron chi connectivity index (χ2n) is 4.14. The quantitative estimate of drug-likeness (QED) is 0.824. The molecule has 0 aliphatic carbocycles. The minimum atomic E-state index is -0.623. The van der Waals surface area contributed by atoms with E-state index in [4.69, 9.17) is 17.3 Å². The molecule has 0 saturated heterocycles. The summed E-state index contributed by atoms with van der Waals surface area (Å²) >= 11 is 6.01. The van der Waals surface area contributed by atoms with E-state index in [2.05, 4.69) is 5.32 Å². The lowest BCUT2D eigenvalue weighted by Gasteiger charge is -2.09. The molecule has 2 rings (SSSR count). The summed E-state index contributed by atoms with van der Waals surface area (Å²) < 4.78 is 13.3. The molecule has 1 amide bonds. The number of amides is 1. The van der Waals surface area contributed by atoms with E-state index in [9.17, 15) is 9.18 Å². The van der Waals surface area contributed by atoms with E-state index in [1.165, 1.54) is 18.2 Å². The maximum Gasteiger partial charge on any atom is 0.257 e. The zero-order chi connectivity index (χ0) is 14.0. The second kappa shape index (κ2) is 5.28. The average Bonchev–Trinajstić information content (AvgIpc) is 2.36. The van der Waals surface area contributed by atoms with Gasteiger partial charge in [0.1, 0.15) is 5.82 Å². The van der Waals surface area contributed by atoms with Crippen LogP contribution < -0.4 is 11.1 Å². The first-order valence-electron chi connectivity index (χ1n) is 5.60. The predicted octanol–water partition coefficient (Wildman–Crippen LogP) is 3.62. The van der Waals surface area contributed by atoms with Crippen LogP contribution in [0.4, 0.5) is 15.8 Å². The molecular weight excluding hydrogens is 267 g/mol. The van der Waals surface area contributed by atoms with Crippen molar-refractivity contribution in [2.45, 2.75) is 6.92 Å². The van der Waals surface area contributed by atoms with E-state index in [0.717, 1.165) is 5.56 Å². The highest BCUT2D eigenvalue weighted by molar-refractivity contribution is 6.34. The number of anilines is 2. The van der Waals surface area contributed by atoms with Crippen molar-refractivity contribution >= 4 is 28.9 Å². The summed E-state index contributed by atoms with van der Waals surface area (Å²) in [6.07, 6.45) is 0. The summed E-state index contributed by atoms with van der Waals surface area (Å²) in [5.74, 6) is -1.12. The number of aryl methyl sites for hydroxylation is 1. The van der Waals surface area contributed by atoms with Crippen molar-refractivity contribution in [1.29, 1.82) is 0 Å². The van der Waals surface area contributed by atoms with Crippen LogP contribution in [0.1, 0.15) is 15.9 Å². The van der Waals surface area contributed by atoms with Crippen molar-refractivity contribution in [3.8, 4) is 0 Å². The van der Waals surface area contributed by atoms with E-state index in [-0.39, 0.29) is 11.3 Å². The Morgan fingerprint density at radius 1 is 1.32 bits per heavy atom. The first-order chi connectivity index (χ1) is 8.99. The van der Waals surface area contributed by atoms with Crippen LogP contribution in [-0.4, -0.2) is 5.91 Å². The number of hydrogen-bond acceptors (Lipinski definition) is 2. The van der Waals surface area contributed by atoms with E-state index in [0.29, 0.717) is 10.7 Å². The Morgan fingerprint density at radius 2 is 2.05 bits per heavy atom. The van der Waals surface area contributed by atoms with Crippen molar-refractivity contribution in [3.63, 3.8) is 0 Å². The van der Waals surface area contributed by atoms with Crippen LogP contribution in [-0.2, 0) is 0 Å². The van der Waals surface area contributed by atoms with E-state index < -0.39 is 11.7 Å². The summed E-state index contributed by atoms with van der Waals surface area (Å²) in [5, 5.41) is 3.02. The number of carbonyl (C=O) groups is 1. The number of benzene rings is 2. The fourth-order valence-electron chi connectivity index (χ4n) is 1.65. The molecule has 0 saturated carbocycles. The highest BCUT2D eigenvalue weighted by Crippen LogP contribution is 2.24. The van der Waals surface area contributed by atoms with Gasteiger partial charge < -0.3 is 11.1 Å². The van der Waals surface area contributed by atoms with Crippen LogP contribution >= 0.6 is 11.6 Å². The molecule has 3 nitrogen and oxygen atoms in total. The molecule has 98 valence electrons. The molecule has 0 spiro atoms. The average molecular weight is 279 g/mol. The number of nitrogens with one attached hydrogen (secondary N) is 1. The van der Waals surface area contributed by atoms with Gasteiger partial charge in [0, 0.05) is 0 Å². The van der Waals surface area contributed by atoms with Gasteiger partial charge in [-0.25, -0.2) is 4.39 Å². The molecule has 0 aliphatic rings. The lowest BCUT2D eigenvalue weighted by molar-refractivity contribution is 0.102. The first-order valence-corrected chi connectivity index (χ1v) is 5.98. The Kier molecular flexibility index (Phi) is 3.71. The Bertz CT molecular complexity index is 643. The highest BCUT2D eigenvalue weighted by atomic mass is 35.5. The molecule has 0 fully saturated rings. The highest BCUT2D eigenvalue weighted by Gasteiger charge is 2.13. The fourth-order valence-corrected chi connectivity index (χ4v) is 1.93. The number of nitrogens with two attached hydrogens (primary N) is 1. The lowest BCUT2D eigenvalue weighted by Crippen LogP contribution is -2.15. The van der Waals surface area contributed by atoms with Crippen LogP contribution in [0.15, 0.2) is 36.4 Å². The number of para-hydroxylation sites is 1. The summed E-state index contributed by atoms with van der Waals surface area (Å²) in [6, 6.07) is 9.31. The molecule has 2 aromatic rings. The minimum absolute atomic E-state index is 0.0802. The van der Waals surface area contributed by atoms with Gasteiger partial charge in [-0.1, -0.05) is 23.7 Å². The zero-order valence-electron chi connectivity index (χ0n) is 10.2. The predicted molar refractivity (Wildman–Crippen MR) is 75.0 cm³/mol. The molecule has 2 aromatic carbocycles. The summed E-state index contributed by atoms with van der Waals surface area (Å²) in [6.45, 7) is 1.89. The van der Waals surface area contributed by atoms with Gasteiger partial charge in [0.25, 0.3) is 5.91 Å². The Labute approximate surface area is 115 Å². The second-order valence-corrected chi connectivity index (χ2v) is 4.55. The fraction of sp³-hybridized carbons (Fsp3) is 0.0714. The molecule has 0 aliphatic heterocycles. The van der Waals surface area contributed by atoms with Gasteiger partial charge in [-0.3, -0.25) is 4.79 Å². The smallest absolute Gasteiger partial charge is 0.257 e. The van der Waals surface area contributed by atoms with Crippen LogP contribution in [0.2, 0.25) is 5.02 Å². The van der Waals surface area contributed by atoms with Crippen molar-refractivity contribution in [2.24, 2.45) is 0 Å². The number of halogens is 2. The van der Waals surface area contributed by atoms with E-state index in [1.54, 1.807) is 12.1 Å². The number of rotatable bonds is 2. The first kappa shape index (κ1) is 13.4. The minimum Gasteiger partial charge on any atom is -0.396 e. The van der Waals surface area contributed by atoms with Crippen LogP contribution in [0.25, 0.3) is 0 Å². The number of nitrogen functional groups attached to an aromatic ring is 1. The van der Waals surface area contributed by atoms with Gasteiger partial charge in [0.15, 0.2) is 0 Å². The molecule has 0 aromatic heterocycles. The topological polar surface area (TPSA) is 55.1 Å². The summed E-state index contributed by atoms with van der Waals surface area (Å²) in [5.41, 5.74) is 6.87. The van der Waals surface area contributed by atoms with Crippen molar-refractivity contribution in [3.05, 3.63) is 58.4 Å². The van der Waals surface area contributed by atoms with Crippen LogP contribution in [0, 0.1) is 12.7 Å². The third-order valence-corrected chi connectivity index (χ3v) is 2.98. The normalized spacial score (nSPS) is 10.3. The number of hydrogen-bond donors (Lipinski definition) is 2.